The molecule has 3 rings (SSSR count). The predicted octanol–water partition coefficient (Wildman–Crippen LogP) is 3.24. The van der Waals surface area contributed by atoms with E-state index in [0.717, 1.165) is 0 Å². The van der Waals surface area contributed by atoms with Crippen molar-refractivity contribution >= 4 is 0 Å². The first-order valence-electron chi connectivity index (χ1n) is 6.15. The van der Waals surface area contributed by atoms with Crippen molar-refractivity contribution in [1.82, 2.24) is 9.97 Å². The lowest BCUT2D eigenvalue weighted by atomic mass is 10.1. The standard InChI is InChI=1S/C16H11FN2O/c17-12-6-4-11(5-7-12)13-8-9-15(19-16(13)20)14-3-1-2-10-18-14/h1-10H,(H,19,20). The second-order valence-electron chi connectivity index (χ2n) is 4.34. The summed E-state index contributed by atoms with van der Waals surface area (Å²) in [6.07, 6.45) is 1.67. The second kappa shape index (κ2) is 5.09. The maximum Gasteiger partial charge on any atom is 0.256 e. The van der Waals surface area contributed by atoms with Crippen molar-refractivity contribution in [3.8, 4) is 22.5 Å². The van der Waals surface area contributed by atoms with Crippen molar-refractivity contribution in [2.24, 2.45) is 0 Å². The Morgan fingerprint density at radius 3 is 2.40 bits per heavy atom. The zero-order chi connectivity index (χ0) is 13.9. The third kappa shape index (κ3) is 2.36. The van der Waals surface area contributed by atoms with E-state index in [9.17, 15) is 9.18 Å². The van der Waals surface area contributed by atoms with Crippen LogP contribution in [-0.2, 0) is 0 Å². The van der Waals surface area contributed by atoms with Crippen molar-refractivity contribution in [1.29, 1.82) is 0 Å². The normalized spacial score (nSPS) is 10.4. The fourth-order valence-electron chi connectivity index (χ4n) is 2.00. The minimum Gasteiger partial charge on any atom is -0.320 e. The molecule has 1 N–H and O–H groups in total. The summed E-state index contributed by atoms with van der Waals surface area (Å²) in [5, 5.41) is 0. The highest BCUT2D eigenvalue weighted by Crippen LogP contribution is 2.18. The molecule has 2 heterocycles. The molecule has 4 heteroatoms. The summed E-state index contributed by atoms with van der Waals surface area (Å²) >= 11 is 0. The molecule has 0 aliphatic rings. The molecule has 0 spiro atoms. The average Bonchev–Trinajstić information content (AvgIpc) is 2.49. The molecule has 2 aromatic heterocycles. The molecule has 0 saturated heterocycles. The molecule has 0 aliphatic heterocycles. The van der Waals surface area contributed by atoms with Crippen molar-refractivity contribution < 1.29 is 4.39 Å². The van der Waals surface area contributed by atoms with Gasteiger partial charge in [-0.05, 0) is 42.0 Å². The number of rotatable bonds is 2. The van der Waals surface area contributed by atoms with Gasteiger partial charge in [0.15, 0.2) is 0 Å². The first kappa shape index (κ1) is 12.3. The molecule has 0 amide bonds. The van der Waals surface area contributed by atoms with Gasteiger partial charge in [0.05, 0.1) is 11.4 Å². The Morgan fingerprint density at radius 2 is 1.75 bits per heavy atom. The van der Waals surface area contributed by atoms with Crippen molar-refractivity contribution in [2.45, 2.75) is 0 Å². The van der Waals surface area contributed by atoms with Crippen molar-refractivity contribution in [3.05, 3.63) is 77.0 Å². The van der Waals surface area contributed by atoms with Gasteiger partial charge in [0.1, 0.15) is 5.82 Å². The van der Waals surface area contributed by atoms with Crippen LogP contribution >= 0.6 is 0 Å². The van der Waals surface area contributed by atoms with E-state index in [2.05, 4.69) is 9.97 Å². The molecule has 0 saturated carbocycles. The predicted molar refractivity (Wildman–Crippen MR) is 75.7 cm³/mol. The Morgan fingerprint density at radius 1 is 0.950 bits per heavy atom. The highest BCUT2D eigenvalue weighted by Gasteiger charge is 2.06. The third-order valence-electron chi connectivity index (χ3n) is 3.01. The van der Waals surface area contributed by atoms with Gasteiger partial charge in [-0.15, -0.1) is 0 Å². The number of hydrogen-bond acceptors (Lipinski definition) is 2. The van der Waals surface area contributed by atoms with Gasteiger partial charge in [-0.25, -0.2) is 4.39 Å². The highest BCUT2D eigenvalue weighted by molar-refractivity contribution is 5.65. The Labute approximate surface area is 114 Å². The molecule has 0 radical (unpaired) electrons. The maximum absolute atomic E-state index is 12.9. The van der Waals surface area contributed by atoms with Crippen LogP contribution in [0.25, 0.3) is 22.5 Å². The quantitative estimate of drug-likeness (QED) is 0.774. The third-order valence-corrected chi connectivity index (χ3v) is 3.01. The summed E-state index contributed by atoms with van der Waals surface area (Å²) in [5.74, 6) is -0.324. The van der Waals surface area contributed by atoms with E-state index in [0.29, 0.717) is 22.5 Å². The fourth-order valence-corrected chi connectivity index (χ4v) is 2.00. The molecule has 0 unspecified atom stereocenters. The van der Waals surface area contributed by atoms with Crippen molar-refractivity contribution in [2.75, 3.05) is 0 Å². The lowest BCUT2D eigenvalue weighted by molar-refractivity contribution is 0.628. The number of benzene rings is 1. The van der Waals surface area contributed by atoms with Crippen LogP contribution in [-0.4, -0.2) is 9.97 Å². The summed E-state index contributed by atoms with van der Waals surface area (Å²) < 4.78 is 12.9. The number of H-pyrrole nitrogens is 1. The summed E-state index contributed by atoms with van der Waals surface area (Å²) in [6, 6.07) is 14.8. The van der Waals surface area contributed by atoms with Gasteiger partial charge < -0.3 is 4.98 Å². The smallest absolute Gasteiger partial charge is 0.256 e. The van der Waals surface area contributed by atoms with Crippen LogP contribution in [0.3, 0.4) is 0 Å². The van der Waals surface area contributed by atoms with Gasteiger partial charge in [-0.3, -0.25) is 9.78 Å². The largest absolute Gasteiger partial charge is 0.320 e. The number of aromatic nitrogens is 2. The zero-order valence-electron chi connectivity index (χ0n) is 10.5. The lowest BCUT2D eigenvalue weighted by Gasteiger charge is -2.04. The molecular formula is C16H11FN2O. The van der Waals surface area contributed by atoms with Gasteiger partial charge >= 0.3 is 0 Å². The van der Waals surface area contributed by atoms with Crippen LogP contribution in [0.1, 0.15) is 0 Å². The van der Waals surface area contributed by atoms with Gasteiger partial charge in [0, 0.05) is 11.8 Å². The number of aromatic amines is 1. The molecule has 0 bridgehead atoms. The first-order chi connectivity index (χ1) is 9.74. The summed E-state index contributed by atoms with van der Waals surface area (Å²) in [7, 11) is 0. The maximum atomic E-state index is 12.9. The van der Waals surface area contributed by atoms with E-state index in [1.165, 1.54) is 12.1 Å². The van der Waals surface area contributed by atoms with Crippen LogP contribution in [0.5, 0.6) is 0 Å². The summed E-state index contributed by atoms with van der Waals surface area (Å²) in [6.45, 7) is 0. The van der Waals surface area contributed by atoms with Crippen LogP contribution in [0.4, 0.5) is 4.39 Å². The molecule has 3 nitrogen and oxygen atoms in total. The highest BCUT2D eigenvalue weighted by atomic mass is 19.1. The Bertz CT molecular complexity index is 780. The average molecular weight is 266 g/mol. The van der Waals surface area contributed by atoms with Crippen LogP contribution in [0, 0.1) is 5.82 Å². The molecule has 0 aliphatic carbocycles. The van der Waals surface area contributed by atoms with E-state index in [4.69, 9.17) is 0 Å². The van der Waals surface area contributed by atoms with E-state index in [1.807, 2.05) is 18.2 Å². The van der Waals surface area contributed by atoms with E-state index in [1.54, 1.807) is 30.5 Å². The van der Waals surface area contributed by atoms with Crippen LogP contribution in [0.15, 0.2) is 65.6 Å². The number of hydrogen-bond donors (Lipinski definition) is 1. The van der Waals surface area contributed by atoms with Gasteiger partial charge in [-0.2, -0.15) is 0 Å². The number of nitrogens with zero attached hydrogens (tertiary/aromatic N) is 1. The SMILES string of the molecule is O=c1[nH]c(-c2ccccn2)ccc1-c1ccc(F)cc1. The van der Waals surface area contributed by atoms with E-state index >= 15 is 0 Å². The number of halogens is 1. The number of nitrogens with one attached hydrogen (secondary N) is 1. The van der Waals surface area contributed by atoms with E-state index in [-0.39, 0.29) is 11.4 Å². The second-order valence-corrected chi connectivity index (χ2v) is 4.34. The first-order valence-corrected chi connectivity index (χ1v) is 6.15. The summed E-state index contributed by atoms with van der Waals surface area (Å²) in [4.78, 5) is 19.1. The minimum absolute atomic E-state index is 0.222. The molecule has 20 heavy (non-hydrogen) atoms. The molecule has 0 atom stereocenters. The minimum atomic E-state index is -0.324. The van der Waals surface area contributed by atoms with Gasteiger partial charge in [-0.1, -0.05) is 18.2 Å². The molecule has 1 aromatic carbocycles. The lowest BCUT2D eigenvalue weighted by Crippen LogP contribution is -2.09. The van der Waals surface area contributed by atoms with Gasteiger partial charge in [0.25, 0.3) is 5.56 Å². The van der Waals surface area contributed by atoms with Crippen LogP contribution in [0.2, 0.25) is 0 Å². The summed E-state index contributed by atoms with van der Waals surface area (Å²) in [5.41, 5.74) is 2.32. The van der Waals surface area contributed by atoms with E-state index < -0.39 is 0 Å². The molecule has 0 fully saturated rings. The van der Waals surface area contributed by atoms with Crippen LogP contribution < -0.4 is 5.56 Å². The fraction of sp³-hybridized carbons (Fsp3) is 0. The Kier molecular flexibility index (Phi) is 3.13. The monoisotopic (exact) mass is 266 g/mol. The van der Waals surface area contributed by atoms with Crippen molar-refractivity contribution in [3.63, 3.8) is 0 Å². The number of pyridine rings is 2. The zero-order valence-corrected chi connectivity index (χ0v) is 10.5. The Hall–Kier alpha value is -2.75. The molecule has 3 aromatic rings. The topological polar surface area (TPSA) is 45.8 Å². The Balaban J connectivity index is 2.04. The van der Waals surface area contributed by atoms with Gasteiger partial charge in [0.2, 0.25) is 0 Å². The molecular weight excluding hydrogens is 255 g/mol. The molecule has 98 valence electrons.